The van der Waals surface area contributed by atoms with Gasteiger partial charge >= 0.3 is 0 Å². The van der Waals surface area contributed by atoms with E-state index in [2.05, 4.69) is 44.1 Å². The first-order chi connectivity index (χ1) is 6.41. The smallest absolute Gasteiger partial charge is 0.247 e. The summed E-state index contributed by atoms with van der Waals surface area (Å²) < 4.78 is 0. The highest BCUT2D eigenvalue weighted by Gasteiger charge is 2.60. The van der Waals surface area contributed by atoms with Gasteiger partial charge < -0.3 is 0 Å². The second-order valence-corrected chi connectivity index (χ2v) is 4.74. The maximum Gasteiger partial charge on any atom is 0.247 e. The number of hydrogen-bond donors (Lipinski definition) is 1. The van der Waals surface area contributed by atoms with Gasteiger partial charge in [0.1, 0.15) is 0 Å². The van der Waals surface area contributed by atoms with Crippen molar-refractivity contribution < 1.29 is 9.63 Å². The second kappa shape index (κ2) is 3.73. The molecule has 2 atom stereocenters. The summed E-state index contributed by atoms with van der Waals surface area (Å²) >= 11 is 0. The maximum absolute atomic E-state index is 11.5. The summed E-state index contributed by atoms with van der Waals surface area (Å²) in [6.07, 6.45) is 2.17. The monoisotopic (exact) mass is 197 g/mol. The molecule has 3 heteroatoms. The molecule has 1 amide bonds. The predicted molar refractivity (Wildman–Crippen MR) is 55.3 cm³/mol. The SMILES string of the molecule is CONC(=O)[C@@H]1[C@@H](C=C(C)C)C1(C)C. The van der Waals surface area contributed by atoms with E-state index in [1.807, 2.05) is 0 Å². The van der Waals surface area contributed by atoms with Crippen LogP contribution in [0.2, 0.25) is 0 Å². The Hall–Kier alpha value is -0.830. The number of carbonyl (C=O) groups excluding carboxylic acids is 1. The number of amides is 1. The Morgan fingerprint density at radius 2 is 2.00 bits per heavy atom. The van der Waals surface area contributed by atoms with E-state index in [1.54, 1.807) is 0 Å². The van der Waals surface area contributed by atoms with Gasteiger partial charge in [-0.05, 0) is 25.2 Å². The standard InChI is InChI=1S/C11H19NO2/c1-7(2)6-8-9(11(8,3)4)10(13)12-14-5/h6,8-9H,1-5H3,(H,12,13)/t8-,9+/m1/s1. The highest BCUT2D eigenvalue weighted by Crippen LogP contribution is 2.59. The molecule has 0 aromatic carbocycles. The van der Waals surface area contributed by atoms with Crippen molar-refractivity contribution in [2.45, 2.75) is 27.7 Å². The number of nitrogens with one attached hydrogen (secondary N) is 1. The molecule has 0 bridgehead atoms. The molecule has 3 nitrogen and oxygen atoms in total. The normalized spacial score (nSPS) is 28.1. The van der Waals surface area contributed by atoms with Crippen molar-refractivity contribution in [1.82, 2.24) is 5.48 Å². The van der Waals surface area contributed by atoms with Crippen molar-refractivity contribution in [2.75, 3.05) is 7.11 Å². The summed E-state index contributed by atoms with van der Waals surface area (Å²) in [7, 11) is 1.46. The molecule has 14 heavy (non-hydrogen) atoms. The second-order valence-electron chi connectivity index (χ2n) is 4.74. The zero-order valence-electron chi connectivity index (χ0n) is 9.55. The lowest BCUT2D eigenvalue weighted by Gasteiger charge is -2.01. The van der Waals surface area contributed by atoms with Crippen LogP contribution in [0.4, 0.5) is 0 Å². The van der Waals surface area contributed by atoms with Crippen LogP contribution in [0.1, 0.15) is 27.7 Å². The molecule has 0 unspecified atom stereocenters. The summed E-state index contributed by atoms with van der Waals surface area (Å²) in [4.78, 5) is 16.2. The van der Waals surface area contributed by atoms with Crippen LogP contribution in [0.3, 0.4) is 0 Å². The lowest BCUT2D eigenvalue weighted by Crippen LogP contribution is -2.25. The van der Waals surface area contributed by atoms with Crippen molar-refractivity contribution in [2.24, 2.45) is 17.3 Å². The largest absolute Gasteiger partial charge is 0.277 e. The molecule has 0 radical (unpaired) electrons. The fourth-order valence-electron chi connectivity index (χ4n) is 2.01. The average Bonchev–Trinajstić information content (AvgIpc) is 2.52. The first-order valence-corrected chi connectivity index (χ1v) is 4.89. The van der Waals surface area contributed by atoms with Crippen LogP contribution in [0.5, 0.6) is 0 Å². The minimum Gasteiger partial charge on any atom is -0.277 e. The third-order valence-corrected chi connectivity index (χ3v) is 2.91. The molecule has 1 rings (SSSR count). The van der Waals surface area contributed by atoms with E-state index < -0.39 is 0 Å². The van der Waals surface area contributed by atoms with E-state index in [-0.39, 0.29) is 17.2 Å². The van der Waals surface area contributed by atoms with Crippen molar-refractivity contribution in [3.63, 3.8) is 0 Å². The lowest BCUT2D eigenvalue weighted by atomic mass is 10.1. The minimum absolute atomic E-state index is 0.0139. The van der Waals surface area contributed by atoms with E-state index in [4.69, 9.17) is 0 Å². The van der Waals surface area contributed by atoms with E-state index in [1.165, 1.54) is 12.7 Å². The molecule has 0 aromatic heterocycles. The number of carbonyl (C=O) groups is 1. The fraction of sp³-hybridized carbons (Fsp3) is 0.727. The van der Waals surface area contributed by atoms with E-state index >= 15 is 0 Å². The molecule has 0 spiro atoms. The Bertz CT molecular complexity index is 264. The summed E-state index contributed by atoms with van der Waals surface area (Å²) in [6.45, 7) is 8.33. The summed E-state index contributed by atoms with van der Waals surface area (Å²) in [5.74, 6) is 0.389. The number of allylic oxidation sites excluding steroid dienone is 2. The van der Waals surface area contributed by atoms with Gasteiger partial charge in [-0.1, -0.05) is 25.5 Å². The highest BCUT2D eigenvalue weighted by molar-refractivity contribution is 5.82. The van der Waals surface area contributed by atoms with Gasteiger partial charge in [0.2, 0.25) is 5.91 Å². The minimum atomic E-state index is -0.0139. The first kappa shape index (κ1) is 11.2. The van der Waals surface area contributed by atoms with E-state index in [9.17, 15) is 4.79 Å². The molecule has 1 saturated carbocycles. The molecule has 0 aromatic rings. The topological polar surface area (TPSA) is 38.3 Å². The number of rotatable bonds is 3. The summed E-state index contributed by atoms with van der Waals surface area (Å²) in [5.41, 5.74) is 3.73. The quantitative estimate of drug-likeness (QED) is 0.554. The highest BCUT2D eigenvalue weighted by atomic mass is 16.6. The molecule has 1 N–H and O–H groups in total. The van der Waals surface area contributed by atoms with Crippen LogP contribution < -0.4 is 5.48 Å². The van der Waals surface area contributed by atoms with Crippen LogP contribution in [0.15, 0.2) is 11.6 Å². The van der Waals surface area contributed by atoms with Gasteiger partial charge in [-0.15, -0.1) is 0 Å². The molecular weight excluding hydrogens is 178 g/mol. The zero-order chi connectivity index (χ0) is 10.9. The Morgan fingerprint density at radius 3 is 2.43 bits per heavy atom. The van der Waals surface area contributed by atoms with Crippen molar-refractivity contribution in [3.05, 3.63) is 11.6 Å². The van der Waals surface area contributed by atoms with Crippen LogP contribution in [0.25, 0.3) is 0 Å². The Kier molecular flexibility index (Phi) is 3.00. The molecule has 1 fully saturated rings. The maximum atomic E-state index is 11.5. The van der Waals surface area contributed by atoms with E-state index in [0.29, 0.717) is 5.92 Å². The van der Waals surface area contributed by atoms with Crippen molar-refractivity contribution in [1.29, 1.82) is 0 Å². The van der Waals surface area contributed by atoms with Gasteiger partial charge in [-0.2, -0.15) is 0 Å². The Labute approximate surface area is 85.5 Å². The zero-order valence-corrected chi connectivity index (χ0v) is 9.55. The summed E-state index contributed by atoms with van der Waals surface area (Å²) in [5, 5.41) is 0. The predicted octanol–water partition coefficient (Wildman–Crippen LogP) is 1.90. The van der Waals surface area contributed by atoms with Gasteiger partial charge in [0.15, 0.2) is 0 Å². The van der Waals surface area contributed by atoms with Gasteiger partial charge in [0, 0.05) is 0 Å². The summed E-state index contributed by atoms with van der Waals surface area (Å²) in [6, 6.07) is 0. The van der Waals surface area contributed by atoms with Crippen LogP contribution >= 0.6 is 0 Å². The molecule has 80 valence electrons. The Balaban J connectivity index is 2.66. The molecule has 0 saturated heterocycles. The van der Waals surface area contributed by atoms with Crippen molar-refractivity contribution in [3.8, 4) is 0 Å². The van der Waals surface area contributed by atoms with Crippen molar-refractivity contribution >= 4 is 5.91 Å². The van der Waals surface area contributed by atoms with Crippen LogP contribution in [0, 0.1) is 17.3 Å². The van der Waals surface area contributed by atoms with Gasteiger partial charge in [-0.3, -0.25) is 9.63 Å². The van der Waals surface area contributed by atoms with Crippen LogP contribution in [-0.4, -0.2) is 13.0 Å². The molecule has 0 aliphatic heterocycles. The fourth-order valence-corrected chi connectivity index (χ4v) is 2.01. The van der Waals surface area contributed by atoms with Gasteiger partial charge in [0.25, 0.3) is 0 Å². The molecule has 1 aliphatic rings. The molecular formula is C11H19NO2. The Morgan fingerprint density at radius 1 is 1.43 bits per heavy atom. The number of hydroxylamine groups is 1. The lowest BCUT2D eigenvalue weighted by molar-refractivity contribution is -0.133. The third kappa shape index (κ3) is 1.98. The van der Waals surface area contributed by atoms with Crippen LogP contribution in [-0.2, 0) is 9.63 Å². The average molecular weight is 197 g/mol. The molecule has 0 heterocycles. The van der Waals surface area contributed by atoms with Gasteiger partial charge in [-0.25, -0.2) is 5.48 Å². The first-order valence-electron chi connectivity index (χ1n) is 4.89. The molecule has 1 aliphatic carbocycles. The van der Waals surface area contributed by atoms with E-state index in [0.717, 1.165) is 0 Å². The third-order valence-electron chi connectivity index (χ3n) is 2.91. The number of hydrogen-bond acceptors (Lipinski definition) is 2. The van der Waals surface area contributed by atoms with Gasteiger partial charge in [0.05, 0.1) is 13.0 Å².